The van der Waals surface area contributed by atoms with Crippen molar-refractivity contribution < 1.29 is 9.47 Å². The van der Waals surface area contributed by atoms with Crippen molar-refractivity contribution in [2.75, 3.05) is 19.8 Å². The van der Waals surface area contributed by atoms with Crippen LogP contribution in [0.1, 0.15) is 39.5 Å². The average molecular weight is 213 g/mol. The second kappa shape index (κ2) is 5.28. The van der Waals surface area contributed by atoms with Crippen LogP contribution in [0.5, 0.6) is 0 Å². The van der Waals surface area contributed by atoms with E-state index in [2.05, 4.69) is 18.7 Å². The van der Waals surface area contributed by atoms with Crippen LogP contribution in [0.3, 0.4) is 0 Å². The molecule has 0 aromatic rings. The molecule has 3 nitrogen and oxygen atoms in total. The first-order chi connectivity index (χ1) is 7.29. The Morgan fingerprint density at radius 1 is 1.13 bits per heavy atom. The van der Waals surface area contributed by atoms with Crippen LogP contribution in [-0.4, -0.2) is 43.0 Å². The van der Waals surface area contributed by atoms with Gasteiger partial charge in [-0.15, -0.1) is 0 Å². The first kappa shape index (κ1) is 11.4. The van der Waals surface area contributed by atoms with Gasteiger partial charge >= 0.3 is 0 Å². The predicted molar refractivity (Wildman–Crippen MR) is 59.8 cm³/mol. The standard InChI is InChI=1S/C12H23NO2/c1-10(2)13(11-5-3-4-6-11)12-9-14-7-8-15-12/h10-12H,3-9H2,1-2H3. The minimum atomic E-state index is 0.196. The smallest absolute Gasteiger partial charge is 0.134 e. The summed E-state index contributed by atoms with van der Waals surface area (Å²) < 4.78 is 11.3. The Balaban J connectivity index is 1.97. The number of hydrogen-bond donors (Lipinski definition) is 0. The fraction of sp³-hybridized carbons (Fsp3) is 1.00. The second-order valence-corrected chi connectivity index (χ2v) is 4.88. The Labute approximate surface area is 92.7 Å². The third kappa shape index (κ3) is 2.71. The molecule has 0 aromatic carbocycles. The lowest BCUT2D eigenvalue weighted by molar-refractivity contribution is -0.172. The first-order valence-electron chi connectivity index (χ1n) is 6.26. The Hall–Kier alpha value is -0.120. The molecule has 2 aliphatic rings. The Bertz CT molecular complexity index is 184. The van der Waals surface area contributed by atoms with Crippen LogP contribution in [0, 0.1) is 0 Å². The van der Waals surface area contributed by atoms with E-state index < -0.39 is 0 Å². The van der Waals surface area contributed by atoms with Crippen LogP contribution in [0.2, 0.25) is 0 Å². The number of nitrogens with zero attached hydrogens (tertiary/aromatic N) is 1. The molecular weight excluding hydrogens is 190 g/mol. The Kier molecular flexibility index (Phi) is 4.00. The van der Waals surface area contributed by atoms with Crippen molar-refractivity contribution in [2.24, 2.45) is 0 Å². The van der Waals surface area contributed by atoms with Gasteiger partial charge in [-0.1, -0.05) is 12.8 Å². The van der Waals surface area contributed by atoms with Crippen LogP contribution in [0.15, 0.2) is 0 Å². The Morgan fingerprint density at radius 3 is 2.40 bits per heavy atom. The van der Waals surface area contributed by atoms with Gasteiger partial charge in [0.1, 0.15) is 6.23 Å². The number of hydrogen-bond acceptors (Lipinski definition) is 3. The fourth-order valence-corrected chi connectivity index (χ4v) is 2.84. The van der Waals surface area contributed by atoms with Crippen molar-refractivity contribution in [3.63, 3.8) is 0 Å². The summed E-state index contributed by atoms with van der Waals surface area (Å²) in [5.74, 6) is 0. The van der Waals surface area contributed by atoms with E-state index in [-0.39, 0.29) is 6.23 Å². The summed E-state index contributed by atoms with van der Waals surface area (Å²) in [6.45, 7) is 6.77. The summed E-state index contributed by atoms with van der Waals surface area (Å²) in [5.41, 5.74) is 0. The van der Waals surface area contributed by atoms with Gasteiger partial charge in [-0.2, -0.15) is 0 Å². The van der Waals surface area contributed by atoms with E-state index in [0.717, 1.165) is 25.9 Å². The summed E-state index contributed by atoms with van der Waals surface area (Å²) >= 11 is 0. The zero-order valence-corrected chi connectivity index (χ0v) is 9.95. The summed E-state index contributed by atoms with van der Waals surface area (Å²) in [7, 11) is 0. The number of ether oxygens (including phenoxy) is 2. The maximum absolute atomic E-state index is 5.81. The van der Waals surface area contributed by atoms with E-state index in [0.29, 0.717) is 6.04 Å². The summed E-state index contributed by atoms with van der Waals surface area (Å²) in [4.78, 5) is 2.52. The summed E-state index contributed by atoms with van der Waals surface area (Å²) in [5, 5.41) is 0. The molecule has 2 rings (SSSR count). The molecule has 1 atom stereocenters. The minimum Gasteiger partial charge on any atom is -0.375 e. The maximum Gasteiger partial charge on any atom is 0.134 e. The molecule has 2 fully saturated rings. The van der Waals surface area contributed by atoms with Gasteiger partial charge in [-0.25, -0.2) is 0 Å². The van der Waals surface area contributed by atoms with E-state index in [1.165, 1.54) is 25.7 Å². The lowest BCUT2D eigenvalue weighted by atomic mass is 10.1. The molecule has 1 saturated carbocycles. The molecule has 1 heterocycles. The molecule has 1 aliphatic heterocycles. The molecule has 3 heteroatoms. The molecule has 0 N–H and O–H groups in total. The van der Waals surface area contributed by atoms with Gasteiger partial charge < -0.3 is 9.47 Å². The normalized spacial score (nSPS) is 29.2. The molecule has 0 amide bonds. The maximum atomic E-state index is 5.81. The van der Waals surface area contributed by atoms with Gasteiger partial charge in [0.15, 0.2) is 0 Å². The van der Waals surface area contributed by atoms with Gasteiger partial charge in [-0.05, 0) is 26.7 Å². The quantitative estimate of drug-likeness (QED) is 0.716. The van der Waals surface area contributed by atoms with Gasteiger partial charge in [-0.3, -0.25) is 4.90 Å². The van der Waals surface area contributed by atoms with Gasteiger partial charge in [0.2, 0.25) is 0 Å². The molecular formula is C12H23NO2. The van der Waals surface area contributed by atoms with Crippen molar-refractivity contribution in [2.45, 2.75) is 57.8 Å². The summed E-state index contributed by atoms with van der Waals surface area (Å²) in [6.07, 6.45) is 5.61. The highest BCUT2D eigenvalue weighted by atomic mass is 16.6. The predicted octanol–water partition coefficient (Wildman–Crippen LogP) is 2.01. The lowest BCUT2D eigenvalue weighted by Crippen LogP contribution is -2.51. The van der Waals surface area contributed by atoms with Gasteiger partial charge in [0.25, 0.3) is 0 Å². The van der Waals surface area contributed by atoms with Crippen molar-refractivity contribution >= 4 is 0 Å². The molecule has 15 heavy (non-hydrogen) atoms. The van der Waals surface area contributed by atoms with Crippen LogP contribution in [0.25, 0.3) is 0 Å². The average Bonchev–Trinajstić information content (AvgIpc) is 2.72. The highest BCUT2D eigenvalue weighted by molar-refractivity contribution is 4.82. The minimum absolute atomic E-state index is 0.196. The van der Waals surface area contributed by atoms with E-state index in [4.69, 9.17) is 9.47 Å². The van der Waals surface area contributed by atoms with Gasteiger partial charge in [0.05, 0.1) is 19.8 Å². The highest BCUT2D eigenvalue weighted by Crippen LogP contribution is 2.27. The first-order valence-corrected chi connectivity index (χ1v) is 6.26. The monoisotopic (exact) mass is 213 g/mol. The third-order valence-corrected chi connectivity index (χ3v) is 3.47. The lowest BCUT2D eigenvalue weighted by Gasteiger charge is -2.40. The molecule has 0 aromatic heterocycles. The topological polar surface area (TPSA) is 21.7 Å². The van der Waals surface area contributed by atoms with Crippen LogP contribution < -0.4 is 0 Å². The molecule has 0 radical (unpaired) electrons. The SMILES string of the molecule is CC(C)N(C1CCCC1)C1COCCO1. The largest absolute Gasteiger partial charge is 0.375 e. The fourth-order valence-electron chi connectivity index (χ4n) is 2.84. The van der Waals surface area contributed by atoms with Crippen LogP contribution in [-0.2, 0) is 9.47 Å². The zero-order valence-electron chi connectivity index (χ0n) is 9.95. The highest BCUT2D eigenvalue weighted by Gasteiger charge is 2.32. The van der Waals surface area contributed by atoms with E-state index in [1.54, 1.807) is 0 Å². The Morgan fingerprint density at radius 2 is 1.87 bits per heavy atom. The molecule has 1 unspecified atom stereocenters. The van der Waals surface area contributed by atoms with E-state index in [9.17, 15) is 0 Å². The van der Waals surface area contributed by atoms with E-state index >= 15 is 0 Å². The molecule has 88 valence electrons. The number of rotatable bonds is 3. The van der Waals surface area contributed by atoms with Crippen molar-refractivity contribution in [1.29, 1.82) is 0 Å². The third-order valence-electron chi connectivity index (χ3n) is 3.47. The van der Waals surface area contributed by atoms with Crippen LogP contribution in [0.4, 0.5) is 0 Å². The van der Waals surface area contributed by atoms with Crippen LogP contribution >= 0.6 is 0 Å². The van der Waals surface area contributed by atoms with Crippen molar-refractivity contribution in [3.8, 4) is 0 Å². The van der Waals surface area contributed by atoms with E-state index in [1.807, 2.05) is 0 Å². The second-order valence-electron chi connectivity index (χ2n) is 4.88. The zero-order chi connectivity index (χ0) is 10.7. The molecule has 1 saturated heterocycles. The van der Waals surface area contributed by atoms with Crippen molar-refractivity contribution in [3.05, 3.63) is 0 Å². The molecule has 1 aliphatic carbocycles. The molecule has 0 bridgehead atoms. The van der Waals surface area contributed by atoms with Gasteiger partial charge in [0, 0.05) is 12.1 Å². The molecule has 0 spiro atoms. The van der Waals surface area contributed by atoms with Crippen molar-refractivity contribution in [1.82, 2.24) is 4.90 Å². The summed E-state index contributed by atoms with van der Waals surface area (Å²) in [6, 6.07) is 1.27.